The van der Waals surface area contributed by atoms with Gasteiger partial charge in [-0.15, -0.1) is 0 Å². The zero-order chi connectivity index (χ0) is 15.9. The van der Waals surface area contributed by atoms with E-state index in [1.54, 1.807) is 0 Å². The summed E-state index contributed by atoms with van der Waals surface area (Å²) in [6.07, 6.45) is 4.61. The molecule has 3 heteroatoms. The maximum atomic E-state index is 12.2. The molecule has 0 radical (unpaired) electrons. The van der Waals surface area contributed by atoms with Gasteiger partial charge in [0.1, 0.15) is 0 Å². The molecule has 1 fully saturated rings. The smallest absolute Gasteiger partial charge is 0.251 e. The lowest BCUT2D eigenvalue weighted by Crippen LogP contribution is -2.34. The van der Waals surface area contributed by atoms with Gasteiger partial charge in [0.05, 0.1) is 0 Å². The molecule has 1 atom stereocenters. The molecule has 1 amide bonds. The average molecular weight is 302 g/mol. The first-order chi connectivity index (χ1) is 10.6. The number of carbonyl (C=O) groups excluding carboxylic acids is 1. The lowest BCUT2D eigenvalue weighted by Gasteiger charge is -2.30. The van der Waals surface area contributed by atoms with Gasteiger partial charge in [0.15, 0.2) is 0 Å². The second kappa shape index (κ2) is 8.33. The van der Waals surface area contributed by atoms with Crippen LogP contribution in [0.25, 0.3) is 0 Å². The Morgan fingerprint density at radius 3 is 2.55 bits per heavy atom. The molecule has 1 unspecified atom stereocenters. The van der Waals surface area contributed by atoms with Crippen LogP contribution in [-0.4, -0.2) is 29.9 Å². The van der Waals surface area contributed by atoms with E-state index in [9.17, 15) is 4.79 Å². The third-order valence-electron chi connectivity index (χ3n) is 4.68. The molecule has 0 saturated carbocycles. The molecule has 2 rings (SSSR count). The van der Waals surface area contributed by atoms with Gasteiger partial charge in [-0.1, -0.05) is 32.9 Å². The highest BCUT2D eigenvalue weighted by Gasteiger charge is 2.16. The van der Waals surface area contributed by atoms with Gasteiger partial charge in [0, 0.05) is 24.7 Å². The van der Waals surface area contributed by atoms with Crippen molar-refractivity contribution in [2.45, 2.75) is 59.0 Å². The second-order valence-corrected chi connectivity index (χ2v) is 6.67. The molecular weight excluding hydrogens is 272 g/mol. The summed E-state index contributed by atoms with van der Waals surface area (Å²) in [5.74, 6) is 0.852. The van der Waals surface area contributed by atoms with Crippen molar-refractivity contribution in [2.24, 2.45) is 5.92 Å². The van der Waals surface area contributed by atoms with Crippen LogP contribution in [0.1, 0.15) is 62.4 Å². The van der Waals surface area contributed by atoms with E-state index in [2.05, 4.69) is 43.1 Å². The molecule has 1 aliphatic heterocycles. The van der Waals surface area contributed by atoms with Crippen molar-refractivity contribution >= 4 is 5.91 Å². The van der Waals surface area contributed by atoms with Gasteiger partial charge < -0.3 is 5.32 Å². The number of hydrogen-bond acceptors (Lipinski definition) is 2. The maximum absolute atomic E-state index is 12.2. The molecule has 1 N–H and O–H groups in total. The van der Waals surface area contributed by atoms with Crippen molar-refractivity contribution in [1.82, 2.24) is 10.2 Å². The first-order valence-electron chi connectivity index (χ1n) is 8.74. The molecule has 1 aromatic carbocycles. The fourth-order valence-electron chi connectivity index (χ4n) is 3.21. The molecule has 0 spiro atoms. The van der Waals surface area contributed by atoms with Crippen molar-refractivity contribution < 1.29 is 4.79 Å². The van der Waals surface area contributed by atoms with Gasteiger partial charge in [-0.05, 0) is 55.8 Å². The Kier molecular flexibility index (Phi) is 6.44. The summed E-state index contributed by atoms with van der Waals surface area (Å²) in [5.41, 5.74) is 2.07. The molecule has 0 bridgehead atoms. The summed E-state index contributed by atoms with van der Waals surface area (Å²) < 4.78 is 0. The number of likely N-dealkylation sites (tertiary alicyclic amines) is 1. The molecule has 122 valence electrons. The number of hydrogen-bond donors (Lipinski definition) is 1. The zero-order valence-corrected chi connectivity index (χ0v) is 14.3. The Hall–Kier alpha value is -1.35. The van der Waals surface area contributed by atoms with Crippen LogP contribution in [0, 0.1) is 5.92 Å². The topological polar surface area (TPSA) is 32.3 Å². The van der Waals surface area contributed by atoms with Crippen LogP contribution in [0.15, 0.2) is 24.3 Å². The van der Waals surface area contributed by atoms with Crippen LogP contribution in [0.2, 0.25) is 0 Å². The number of nitrogens with zero attached hydrogens (tertiary/aromatic N) is 1. The molecule has 22 heavy (non-hydrogen) atoms. The Bertz CT molecular complexity index is 465. The highest BCUT2D eigenvalue weighted by molar-refractivity contribution is 5.94. The Morgan fingerprint density at radius 2 is 1.95 bits per heavy atom. The number of benzene rings is 1. The van der Waals surface area contributed by atoms with Crippen LogP contribution in [0.5, 0.6) is 0 Å². The van der Waals surface area contributed by atoms with E-state index in [-0.39, 0.29) is 11.9 Å². The lowest BCUT2D eigenvalue weighted by molar-refractivity contribution is 0.0935. The van der Waals surface area contributed by atoms with Crippen molar-refractivity contribution in [2.75, 3.05) is 13.1 Å². The largest absolute Gasteiger partial charge is 0.349 e. The van der Waals surface area contributed by atoms with Crippen LogP contribution in [-0.2, 0) is 6.54 Å². The lowest BCUT2D eigenvalue weighted by atomic mass is 9.99. The minimum Gasteiger partial charge on any atom is -0.349 e. The minimum absolute atomic E-state index is 0.0480. The van der Waals surface area contributed by atoms with E-state index in [1.807, 2.05) is 12.1 Å². The zero-order valence-electron chi connectivity index (χ0n) is 14.3. The van der Waals surface area contributed by atoms with E-state index in [0.29, 0.717) is 0 Å². The third-order valence-corrected chi connectivity index (χ3v) is 4.68. The van der Waals surface area contributed by atoms with Crippen molar-refractivity contribution in [3.05, 3.63) is 35.4 Å². The molecular formula is C19H30N2O. The summed E-state index contributed by atoms with van der Waals surface area (Å²) in [6.45, 7) is 9.93. The number of nitrogens with one attached hydrogen (secondary N) is 1. The Balaban J connectivity index is 1.90. The maximum Gasteiger partial charge on any atom is 0.251 e. The first-order valence-corrected chi connectivity index (χ1v) is 8.74. The van der Waals surface area contributed by atoms with Gasteiger partial charge in [0.2, 0.25) is 0 Å². The summed E-state index contributed by atoms with van der Waals surface area (Å²) in [7, 11) is 0. The van der Waals surface area contributed by atoms with Crippen LogP contribution >= 0.6 is 0 Å². The number of piperidine rings is 1. The number of rotatable bonds is 6. The van der Waals surface area contributed by atoms with Gasteiger partial charge >= 0.3 is 0 Å². The quantitative estimate of drug-likeness (QED) is 0.866. The summed E-state index contributed by atoms with van der Waals surface area (Å²) in [5, 5.41) is 3.09. The highest BCUT2D eigenvalue weighted by atomic mass is 16.1. The molecule has 1 aliphatic rings. The van der Waals surface area contributed by atoms with Crippen LogP contribution in [0.4, 0.5) is 0 Å². The van der Waals surface area contributed by atoms with Gasteiger partial charge in [0.25, 0.3) is 5.91 Å². The van der Waals surface area contributed by atoms with E-state index < -0.39 is 0 Å². The summed E-state index contributed by atoms with van der Waals surface area (Å²) in [6, 6.07) is 8.39. The second-order valence-electron chi connectivity index (χ2n) is 6.67. The SMILES string of the molecule is CCC(CC)NC(=O)c1ccc(CN2CCCC(C)C2)cc1. The van der Waals surface area contributed by atoms with E-state index in [1.165, 1.54) is 31.5 Å². The first kappa shape index (κ1) is 17.0. The molecule has 1 aromatic rings. The molecule has 1 heterocycles. The Labute approximate surface area is 135 Å². The summed E-state index contributed by atoms with van der Waals surface area (Å²) >= 11 is 0. The minimum atomic E-state index is 0.0480. The monoisotopic (exact) mass is 302 g/mol. The van der Waals surface area contributed by atoms with Crippen LogP contribution < -0.4 is 5.32 Å². The predicted octanol–water partition coefficient (Wildman–Crippen LogP) is 3.84. The fraction of sp³-hybridized carbons (Fsp3) is 0.632. The molecule has 0 aliphatic carbocycles. The van der Waals surface area contributed by atoms with E-state index >= 15 is 0 Å². The third kappa shape index (κ3) is 4.84. The van der Waals surface area contributed by atoms with Crippen molar-refractivity contribution in [3.63, 3.8) is 0 Å². The van der Waals surface area contributed by atoms with Gasteiger partial charge in [-0.2, -0.15) is 0 Å². The number of amides is 1. The number of carbonyl (C=O) groups is 1. The highest BCUT2D eigenvalue weighted by Crippen LogP contribution is 2.18. The molecule has 1 saturated heterocycles. The van der Waals surface area contributed by atoms with Gasteiger partial charge in [-0.3, -0.25) is 9.69 Å². The average Bonchev–Trinajstić information content (AvgIpc) is 2.53. The Morgan fingerprint density at radius 1 is 1.27 bits per heavy atom. The van der Waals surface area contributed by atoms with E-state index in [0.717, 1.165) is 30.9 Å². The van der Waals surface area contributed by atoms with Crippen LogP contribution in [0.3, 0.4) is 0 Å². The van der Waals surface area contributed by atoms with Crippen molar-refractivity contribution in [3.8, 4) is 0 Å². The standard InChI is InChI=1S/C19H30N2O/c1-4-18(5-2)20-19(22)17-10-8-16(9-11-17)14-21-12-6-7-15(3)13-21/h8-11,15,18H,4-7,12-14H2,1-3H3,(H,20,22). The summed E-state index contributed by atoms with van der Waals surface area (Å²) in [4.78, 5) is 14.7. The fourth-order valence-corrected chi connectivity index (χ4v) is 3.21. The van der Waals surface area contributed by atoms with Crippen molar-refractivity contribution in [1.29, 1.82) is 0 Å². The molecule has 3 nitrogen and oxygen atoms in total. The normalized spacial score (nSPS) is 19.4. The predicted molar refractivity (Wildman–Crippen MR) is 92.0 cm³/mol. The van der Waals surface area contributed by atoms with Gasteiger partial charge in [-0.25, -0.2) is 0 Å². The molecule has 0 aromatic heterocycles. The van der Waals surface area contributed by atoms with E-state index in [4.69, 9.17) is 0 Å².